The maximum absolute atomic E-state index is 9.40. The van der Waals surface area contributed by atoms with Crippen LogP contribution in [-0.2, 0) is 12.8 Å². The summed E-state index contributed by atoms with van der Waals surface area (Å²) in [6, 6.07) is 7.31. The van der Waals surface area contributed by atoms with Crippen LogP contribution in [0.2, 0.25) is 0 Å². The van der Waals surface area contributed by atoms with Crippen molar-refractivity contribution in [2.45, 2.75) is 19.3 Å². The molecule has 0 atom stereocenters. The van der Waals surface area contributed by atoms with Gasteiger partial charge >= 0.3 is 0 Å². The van der Waals surface area contributed by atoms with Gasteiger partial charge < -0.3 is 5.11 Å². The highest BCUT2D eigenvalue weighted by Gasteiger charge is 2.17. The van der Waals surface area contributed by atoms with E-state index in [9.17, 15) is 5.11 Å². The zero-order valence-corrected chi connectivity index (χ0v) is 9.05. The van der Waals surface area contributed by atoms with Crippen molar-refractivity contribution in [3.8, 4) is 16.3 Å². The number of phenols is 1. The number of thiazole rings is 1. The standard InChI is InChI=1S/C12H11NOS/c14-9-4-1-3-8(7-9)12-13-10-5-2-6-11(10)15-12/h1,3-4,7,14H,2,5-6H2. The fourth-order valence-corrected chi connectivity index (χ4v) is 3.10. The second-order valence-electron chi connectivity index (χ2n) is 3.79. The number of aromatic hydroxyl groups is 1. The molecule has 1 aliphatic rings. The third kappa shape index (κ3) is 1.53. The van der Waals surface area contributed by atoms with Gasteiger partial charge in [0.1, 0.15) is 10.8 Å². The Kier molecular flexibility index (Phi) is 1.99. The molecule has 0 radical (unpaired) electrons. The van der Waals surface area contributed by atoms with Crippen molar-refractivity contribution in [3.63, 3.8) is 0 Å². The molecule has 76 valence electrons. The predicted molar refractivity (Wildman–Crippen MR) is 61.2 cm³/mol. The molecule has 0 amide bonds. The maximum atomic E-state index is 9.40. The number of phenolic OH excluding ortho intramolecular Hbond substituents is 1. The van der Waals surface area contributed by atoms with Crippen LogP contribution in [0.1, 0.15) is 17.0 Å². The summed E-state index contributed by atoms with van der Waals surface area (Å²) in [5.41, 5.74) is 2.28. The van der Waals surface area contributed by atoms with E-state index in [2.05, 4.69) is 4.98 Å². The summed E-state index contributed by atoms with van der Waals surface area (Å²) in [5, 5.41) is 10.4. The largest absolute Gasteiger partial charge is 0.508 e. The van der Waals surface area contributed by atoms with Crippen LogP contribution in [0.3, 0.4) is 0 Å². The fourth-order valence-electron chi connectivity index (χ4n) is 1.95. The molecule has 3 heteroatoms. The van der Waals surface area contributed by atoms with Crippen LogP contribution in [0.4, 0.5) is 0 Å². The van der Waals surface area contributed by atoms with Crippen LogP contribution < -0.4 is 0 Å². The highest BCUT2D eigenvalue weighted by molar-refractivity contribution is 7.15. The quantitative estimate of drug-likeness (QED) is 0.796. The summed E-state index contributed by atoms with van der Waals surface area (Å²) in [4.78, 5) is 6.03. The predicted octanol–water partition coefficient (Wildman–Crippen LogP) is 3.00. The van der Waals surface area contributed by atoms with Gasteiger partial charge in [-0.1, -0.05) is 12.1 Å². The van der Waals surface area contributed by atoms with Gasteiger partial charge in [0.25, 0.3) is 0 Å². The Morgan fingerprint density at radius 2 is 2.20 bits per heavy atom. The van der Waals surface area contributed by atoms with Crippen molar-refractivity contribution >= 4 is 11.3 Å². The Balaban J connectivity index is 2.06. The Hall–Kier alpha value is -1.35. The Labute approximate surface area is 92.2 Å². The molecular weight excluding hydrogens is 206 g/mol. The van der Waals surface area contributed by atoms with E-state index in [1.165, 1.54) is 23.4 Å². The molecule has 2 aromatic rings. The molecule has 1 aliphatic carbocycles. The van der Waals surface area contributed by atoms with E-state index in [-0.39, 0.29) is 0 Å². The fraction of sp³-hybridized carbons (Fsp3) is 0.250. The Bertz CT molecular complexity index is 483. The van der Waals surface area contributed by atoms with Crippen molar-refractivity contribution in [1.29, 1.82) is 0 Å². The van der Waals surface area contributed by atoms with Crippen LogP contribution in [0, 0.1) is 0 Å². The molecule has 1 N–H and O–H groups in total. The first-order valence-electron chi connectivity index (χ1n) is 5.11. The van der Waals surface area contributed by atoms with Gasteiger partial charge in [-0.2, -0.15) is 0 Å². The van der Waals surface area contributed by atoms with Gasteiger partial charge in [0, 0.05) is 10.4 Å². The van der Waals surface area contributed by atoms with E-state index in [0.717, 1.165) is 17.0 Å². The number of hydrogen-bond acceptors (Lipinski definition) is 3. The van der Waals surface area contributed by atoms with E-state index >= 15 is 0 Å². The van der Waals surface area contributed by atoms with Crippen LogP contribution in [0.15, 0.2) is 24.3 Å². The monoisotopic (exact) mass is 217 g/mol. The van der Waals surface area contributed by atoms with Crippen LogP contribution in [-0.4, -0.2) is 10.1 Å². The molecule has 0 aliphatic heterocycles. The number of rotatable bonds is 1. The Morgan fingerprint density at radius 1 is 1.27 bits per heavy atom. The molecule has 1 aromatic carbocycles. The minimum Gasteiger partial charge on any atom is -0.508 e. The number of aromatic nitrogens is 1. The van der Waals surface area contributed by atoms with Crippen molar-refractivity contribution in [2.24, 2.45) is 0 Å². The highest BCUT2D eigenvalue weighted by atomic mass is 32.1. The summed E-state index contributed by atoms with van der Waals surface area (Å²) in [5.74, 6) is 0.308. The van der Waals surface area contributed by atoms with Gasteiger partial charge in [0.2, 0.25) is 0 Å². The maximum Gasteiger partial charge on any atom is 0.124 e. The SMILES string of the molecule is Oc1cccc(-c2nc3c(s2)CCC3)c1. The number of fused-ring (bicyclic) bond motifs is 1. The molecule has 0 unspecified atom stereocenters. The number of hydrogen-bond donors (Lipinski definition) is 1. The van der Waals surface area contributed by atoms with Crippen LogP contribution >= 0.6 is 11.3 Å². The normalized spacial score (nSPS) is 14.1. The van der Waals surface area contributed by atoms with Crippen molar-refractivity contribution in [2.75, 3.05) is 0 Å². The highest BCUT2D eigenvalue weighted by Crippen LogP contribution is 2.34. The van der Waals surface area contributed by atoms with Gasteiger partial charge in [-0.25, -0.2) is 4.98 Å². The second kappa shape index (κ2) is 3.35. The third-order valence-corrected chi connectivity index (χ3v) is 3.90. The van der Waals surface area contributed by atoms with E-state index in [1.807, 2.05) is 12.1 Å². The van der Waals surface area contributed by atoms with Gasteiger partial charge in [0.15, 0.2) is 0 Å². The first-order valence-corrected chi connectivity index (χ1v) is 5.92. The van der Waals surface area contributed by atoms with Crippen molar-refractivity contribution < 1.29 is 5.11 Å². The van der Waals surface area contributed by atoms with Gasteiger partial charge in [0.05, 0.1) is 5.69 Å². The van der Waals surface area contributed by atoms with E-state index < -0.39 is 0 Å². The summed E-state index contributed by atoms with van der Waals surface area (Å²) in [6.07, 6.45) is 3.53. The minimum absolute atomic E-state index is 0.308. The van der Waals surface area contributed by atoms with Gasteiger partial charge in [-0.15, -0.1) is 11.3 Å². The van der Waals surface area contributed by atoms with Gasteiger partial charge in [-0.05, 0) is 31.4 Å². The summed E-state index contributed by atoms with van der Waals surface area (Å²) in [7, 11) is 0. The first kappa shape index (κ1) is 8.92. The summed E-state index contributed by atoms with van der Waals surface area (Å²) >= 11 is 1.76. The smallest absolute Gasteiger partial charge is 0.124 e. The lowest BCUT2D eigenvalue weighted by Crippen LogP contribution is -1.80. The summed E-state index contributed by atoms with van der Waals surface area (Å²) < 4.78 is 0. The molecule has 1 heterocycles. The molecule has 0 fully saturated rings. The zero-order chi connectivity index (χ0) is 10.3. The number of benzene rings is 1. The first-order chi connectivity index (χ1) is 7.33. The lowest BCUT2D eigenvalue weighted by Gasteiger charge is -1.97. The average Bonchev–Trinajstić information content (AvgIpc) is 2.76. The van der Waals surface area contributed by atoms with Gasteiger partial charge in [-0.3, -0.25) is 0 Å². The molecule has 15 heavy (non-hydrogen) atoms. The van der Waals surface area contributed by atoms with E-state index in [0.29, 0.717) is 5.75 Å². The zero-order valence-electron chi connectivity index (χ0n) is 8.23. The number of aryl methyl sites for hydroxylation is 2. The third-order valence-electron chi connectivity index (χ3n) is 2.69. The molecule has 1 aromatic heterocycles. The molecule has 0 saturated carbocycles. The van der Waals surface area contributed by atoms with Crippen LogP contribution in [0.25, 0.3) is 10.6 Å². The number of nitrogens with zero attached hydrogens (tertiary/aromatic N) is 1. The average molecular weight is 217 g/mol. The van der Waals surface area contributed by atoms with E-state index in [1.54, 1.807) is 23.5 Å². The second-order valence-corrected chi connectivity index (χ2v) is 4.88. The molecule has 0 saturated heterocycles. The minimum atomic E-state index is 0.308. The summed E-state index contributed by atoms with van der Waals surface area (Å²) in [6.45, 7) is 0. The molecule has 0 bridgehead atoms. The molecule has 2 nitrogen and oxygen atoms in total. The topological polar surface area (TPSA) is 33.1 Å². The van der Waals surface area contributed by atoms with E-state index in [4.69, 9.17) is 0 Å². The molecule has 0 spiro atoms. The van der Waals surface area contributed by atoms with Crippen LogP contribution in [0.5, 0.6) is 5.75 Å². The Morgan fingerprint density at radius 3 is 3.00 bits per heavy atom. The van der Waals surface area contributed by atoms with Crippen molar-refractivity contribution in [3.05, 3.63) is 34.8 Å². The van der Waals surface area contributed by atoms with Crippen molar-refractivity contribution in [1.82, 2.24) is 4.98 Å². The lowest BCUT2D eigenvalue weighted by atomic mass is 10.2. The molecular formula is C12H11NOS. The lowest BCUT2D eigenvalue weighted by molar-refractivity contribution is 0.475. The molecule has 3 rings (SSSR count).